The molecule has 0 aliphatic carbocycles. The number of aromatic nitrogens is 1. The highest BCUT2D eigenvalue weighted by atomic mass is 32.1. The van der Waals surface area contributed by atoms with Gasteiger partial charge in [-0.05, 0) is 20.9 Å². The molecule has 3 heteroatoms. The third-order valence-electron chi connectivity index (χ3n) is 1.78. The zero-order valence-electron chi connectivity index (χ0n) is 7.22. The van der Waals surface area contributed by atoms with Crippen LogP contribution in [-0.2, 0) is 6.42 Å². The Balaban J connectivity index is 2.56. The third kappa shape index (κ3) is 2.60. The summed E-state index contributed by atoms with van der Waals surface area (Å²) in [5, 5.41) is 3.26. The molecular weight excluding hydrogens is 156 g/mol. The summed E-state index contributed by atoms with van der Waals surface area (Å²) in [4.78, 5) is 5.37. The van der Waals surface area contributed by atoms with Crippen LogP contribution in [-0.4, -0.2) is 17.6 Å². The average Bonchev–Trinajstić information content (AvgIpc) is 2.39. The number of nitrogens with zero attached hydrogens (tertiary/aromatic N) is 1. The molecule has 0 aromatic carbocycles. The Kier molecular flexibility index (Phi) is 2.62. The van der Waals surface area contributed by atoms with Crippen LogP contribution in [0, 0.1) is 0 Å². The summed E-state index contributed by atoms with van der Waals surface area (Å²) >= 11 is 1.71. The fourth-order valence-corrected chi connectivity index (χ4v) is 1.68. The lowest BCUT2D eigenvalue weighted by atomic mass is 10.0. The van der Waals surface area contributed by atoms with Gasteiger partial charge in [-0.3, -0.25) is 4.98 Å². The highest BCUT2D eigenvalue weighted by Gasteiger charge is 2.15. The monoisotopic (exact) mass is 170 g/mol. The Hall–Kier alpha value is -0.410. The number of thiazole rings is 1. The first-order valence-corrected chi connectivity index (χ1v) is 4.58. The number of nitrogens with one attached hydrogen (secondary N) is 1. The van der Waals surface area contributed by atoms with Crippen molar-refractivity contribution in [1.82, 2.24) is 10.3 Å². The standard InChI is InChI=1S/C8H14N2S/c1-8(2,9-3)4-7-5-10-6-11-7/h5-6,9H,4H2,1-3H3. The zero-order valence-corrected chi connectivity index (χ0v) is 8.03. The molecule has 0 aliphatic heterocycles. The summed E-state index contributed by atoms with van der Waals surface area (Å²) < 4.78 is 0. The Bertz CT molecular complexity index is 204. The second-order valence-corrected chi connectivity index (χ2v) is 4.25. The van der Waals surface area contributed by atoms with E-state index in [2.05, 4.69) is 24.1 Å². The molecule has 0 spiro atoms. The van der Waals surface area contributed by atoms with Crippen molar-refractivity contribution < 1.29 is 0 Å². The van der Waals surface area contributed by atoms with Gasteiger partial charge < -0.3 is 5.32 Å². The molecule has 1 heterocycles. The van der Waals surface area contributed by atoms with E-state index >= 15 is 0 Å². The molecule has 0 atom stereocenters. The van der Waals surface area contributed by atoms with Crippen molar-refractivity contribution in [3.63, 3.8) is 0 Å². The van der Waals surface area contributed by atoms with Crippen LogP contribution in [0.3, 0.4) is 0 Å². The summed E-state index contributed by atoms with van der Waals surface area (Å²) in [6.07, 6.45) is 2.98. The fraction of sp³-hybridized carbons (Fsp3) is 0.625. The SMILES string of the molecule is CNC(C)(C)Cc1cncs1. The van der Waals surface area contributed by atoms with E-state index in [0.717, 1.165) is 6.42 Å². The molecule has 0 fully saturated rings. The van der Waals surface area contributed by atoms with Crippen LogP contribution in [0.15, 0.2) is 11.7 Å². The van der Waals surface area contributed by atoms with Gasteiger partial charge in [0.25, 0.3) is 0 Å². The molecule has 0 bridgehead atoms. The van der Waals surface area contributed by atoms with E-state index in [4.69, 9.17) is 0 Å². The van der Waals surface area contributed by atoms with Crippen molar-refractivity contribution >= 4 is 11.3 Å². The second kappa shape index (κ2) is 3.32. The Morgan fingerprint density at radius 1 is 1.64 bits per heavy atom. The second-order valence-electron chi connectivity index (χ2n) is 3.28. The largest absolute Gasteiger partial charge is 0.314 e. The van der Waals surface area contributed by atoms with Crippen LogP contribution in [0.1, 0.15) is 18.7 Å². The van der Waals surface area contributed by atoms with E-state index in [-0.39, 0.29) is 5.54 Å². The van der Waals surface area contributed by atoms with Gasteiger partial charge in [-0.25, -0.2) is 0 Å². The molecular formula is C8H14N2S. The van der Waals surface area contributed by atoms with Crippen LogP contribution >= 0.6 is 11.3 Å². The summed E-state index contributed by atoms with van der Waals surface area (Å²) in [5.74, 6) is 0. The molecule has 11 heavy (non-hydrogen) atoms. The van der Waals surface area contributed by atoms with Crippen LogP contribution in [0.2, 0.25) is 0 Å². The maximum Gasteiger partial charge on any atom is 0.0794 e. The van der Waals surface area contributed by atoms with Gasteiger partial charge in [-0.2, -0.15) is 0 Å². The lowest BCUT2D eigenvalue weighted by Gasteiger charge is -2.22. The first-order valence-electron chi connectivity index (χ1n) is 3.70. The predicted octanol–water partition coefficient (Wildman–Crippen LogP) is 1.68. The zero-order chi connectivity index (χ0) is 8.32. The van der Waals surface area contributed by atoms with E-state index in [1.54, 1.807) is 11.3 Å². The first kappa shape index (κ1) is 8.68. The number of hydrogen-bond acceptors (Lipinski definition) is 3. The average molecular weight is 170 g/mol. The summed E-state index contributed by atoms with van der Waals surface area (Å²) in [5.41, 5.74) is 2.06. The van der Waals surface area contributed by atoms with Crippen LogP contribution in [0.4, 0.5) is 0 Å². The molecule has 62 valence electrons. The summed E-state index contributed by atoms with van der Waals surface area (Å²) in [6.45, 7) is 4.37. The highest BCUT2D eigenvalue weighted by Crippen LogP contribution is 2.14. The Morgan fingerprint density at radius 2 is 2.36 bits per heavy atom. The van der Waals surface area contributed by atoms with Gasteiger partial charge in [-0.1, -0.05) is 0 Å². The van der Waals surface area contributed by atoms with E-state index in [1.807, 2.05) is 18.8 Å². The minimum atomic E-state index is 0.187. The number of hydrogen-bond donors (Lipinski definition) is 1. The Labute approximate surface area is 71.7 Å². The summed E-state index contributed by atoms with van der Waals surface area (Å²) in [6, 6.07) is 0. The lowest BCUT2D eigenvalue weighted by molar-refractivity contribution is 0.424. The number of likely N-dealkylation sites (N-methyl/N-ethyl adjacent to an activating group) is 1. The smallest absolute Gasteiger partial charge is 0.0794 e. The fourth-order valence-electron chi connectivity index (χ4n) is 0.853. The topological polar surface area (TPSA) is 24.9 Å². The molecule has 1 aromatic heterocycles. The van der Waals surface area contributed by atoms with Crippen molar-refractivity contribution in [2.45, 2.75) is 25.8 Å². The minimum Gasteiger partial charge on any atom is -0.314 e. The molecule has 0 saturated heterocycles. The van der Waals surface area contributed by atoms with Crippen molar-refractivity contribution in [1.29, 1.82) is 0 Å². The first-order chi connectivity index (χ1) is 5.14. The van der Waals surface area contributed by atoms with Crippen LogP contribution in [0.25, 0.3) is 0 Å². The van der Waals surface area contributed by atoms with Gasteiger partial charge >= 0.3 is 0 Å². The number of rotatable bonds is 3. The molecule has 0 saturated carbocycles. The third-order valence-corrected chi connectivity index (χ3v) is 2.56. The van der Waals surface area contributed by atoms with E-state index in [9.17, 15) is 0 Å². The molecule has 1 aromatic rings. The molecule has 0 amide bonds. The van der Waals surface area contributed by atoms with Crippen molar-refractivity contribution in [2.75, 3.05) is 7.05 Å². The maximum atomic E-state index is 4.03. The van der Waals surface area contributed by atoms with Gasteiger partial charge in [0.2, 0.25) is 0 Å². The van der Waals surface area contributed by atoms with Gasteiger partial charge in [0.15, 0.2) is 0 Å². The van der Waals surface area contributed by atoms with Crippen LogP contribution < -0.4 is 5.32 Å². The molecule has 2 nitrogen and oxygen atoms in total. The highest BCUT2D eigenvalue weighted by molar-refractivity contribution is 7.09. The normalized spacial score (nSPS) is 11.9. The molecule has 1 rings (SSSR count). The molecule has 0 unspecified atom stereocenters. The van der Waals surface area contributed by atoms with Crippen molar-refractivity contribution in [3.05, 3.63) is 16.6 Å². The summed E-state index contributed by atoms with van der Waals surface area (Å²) in [7, 11) is 1.99. The van der Waals surface area contributed by atoms with E-state index in [0.29, 0.717) is 0 Å². The van der Waals surface area contributed by atoms with Crippen molar-refractivity contribution in [2.24, 2.45) is 0 Å². The van der Waals surface area contributed by atoms with Crippen LogP contribution in [0.5, 0.6) is 0 Å². The minimum absolute atomic E-state index is 0.187. The van der Waals surface area contributed by atoms with Gasteiger partial charge in [-0.15, -0.1) is 11.3 Å². The maximum absolute atomic E-state index is 4.03. The van der Waals surface area contributed by atoms with E-state index in [1.165, 1.54) is 4.88 Å². The molecule has 0 aliphatic rings. The lowest BCUT2D eigenvalue weighted by Crippen LogP contribution is -2.38. The quantitative estimate of drug-likeness (QED) is 0.746. The molecule has 0 radical (unpaired) electrons. The van der Waals surface area contributed by atoms with Crippen molar-refractivity contribution in [3.8, 4) is 0 Å². The Morgan fingerprint density at radius 3 is 2.82 bits per heavy atom. The van der Waals surface area contributed by atoms with Gasteiger partial charge in [0, 0.05) is 23.0 Å². The molecule has 1 N–H and O–H groups in total. The van der Waals surface area contributed by atoms with Gasteiger partial charge in [0.1, 0.15) is 0 Å². The van der Waals surface area contributed by atoms with E-state index < -0.39 is 0 Å². The predicted molar refractivity (Wildman–Crippen MR) is 49.0 cm³/mol. The van der Waals surface area contributed by atoms with Gasteiger partial charge in [0.05, 0.1) is 5.51 Å².